The van der Waals surface area contributed by atoms with Crippen molar-refractivity contribution in [2.24, 2.45) is 0 Å². The van der Waals surface area contributed by atoms with E-state index in [4.69, 9.17) is 4.98 Å². The van der Waals surface area contributed by atoms with Crippen LogP contribution in [0.4, 0.5) is 4.79 Å². The fourth-order valence-electron chi connectivity index (χ4n) is 3.43. The van der Waals surface area contributed by atoms with Crippen LogP contribution in [0.2, 0.25) is 0 Å². The molecule has 1 fully saturated rings. The molecule has 1 N–H and O–H groups in total. The van der Waals surface area contributed by atoms with Gasteiger partial charge < -0.3 is 15.1 Å². The molecule has 0 aromatic carbocycles. The number of fused-ring (bicyclic) bond motifs is 1. The number of carbonyl (C=O) groups excluding carboxylic acids is 2. The summed E-state index contributed by atoms with van der Waals surface area (Å²) in [6.45, 7) is 12.9. The van der Waals surface area contributed by atoms with Crippen molar-refractivity contribution in [3.8, 4) is 0 Å². The second kappa shape index (κ2) is 8.16. The van der Waals surface area contributed by atoms with Gasteiger partial charge in [0.1, 0.15) is 0 Å². The number of nitrogens with one attached hydrogen (secondary N) is 1. The van der Waals surface area contributed by atoms with Gasteiger partial charge in [-0.05, 0) is 32.8 Å². The number of aromatic nitrogens is 3. The van der Waals surface area contributed by atoms with Gasteiger partial charge in [-0.1, -0.05) is 13.8 Å². The predicted octanol–water partition coefficient (Wildman–Crippen LogP) is 2.62. The first-order valence-corrected chi connectivity index (χ1v) is 10.0. The summed E-state index contributed by atoms with van der Waals surface area (Å²) in [7, 11) is 0. The fourth-order valence-corrected chi connectivity index (χ4v) is 3.43. The molecule has 0 spiro atoms. The molecule has 2 aromatic rings. The predicted molar refractivity (Wildman–Crippen MR) is 109 cm³/mol. The van der Waals surface area contributed by atoms with E-state index in [0.717, 1.165) is 16.7 Å². The summed E-state index contributed by atoms with van der Waals surface area (Å²) in [4.78, 5) is 33.7. The van der Waals surface area contributed by atoms with Crippen LogP contribution in [0.5, 0.6) is 0 Å². The lowest BCUT2D eigenvalue weighted by Gasteiger charge is -2.34. The summed E-state index contributed by atoms with van der Waals surface area (Å²) in [5, 5.41) is 8.06. The van der Waals surface area contributed by atoms with Gasteiger partial charge in [0.05, 0.1) is 17.1 Å². The first-order valence-electron chi connectivity index (χ1n) is 10.0. The smallest absolute Gasteiger partial charge is 0.317 e. The van der Waals surface area contributed by atoms with E-state index in [1.54, 1.807) is 11.1 Å². The number of amides is 3. The number of hydrogen-bond donors (Lipinski definition) is 1. The van der Waals surface area contributed by atoms with Gasteiger partial charge in [-0.2, -0.15) is 5.10 Å². The lowest BCUT2D eigenvalue weighted by atomic mass is 10.0. The summed E-state index contributed by atoms with van der Waals surface area (Å²) in [6.07, 6.45) is 1.74. The molecular weight excluding hydrogens is 356 g/mol. The van der Waals surface area contributed by atoms with E-state index in [-0.39, 0.29) is 23.9 Å². The number of rotatable bonds is 4. The minimum absolute atomic E-state index is 0.0202. The summed E-state index contributed by atoms with van der Waals surface area (Å²) in [5.74, 6) is 0.189. The molecule has 8 nitrogen and oxygen atoms in total. The normalized spacial score (nSPS) is 15.0. The monoisotopic (exact) mass is 386 g/mol. The molecule has 0 atom stereocenters. The van der Waals surface area contributed by atoms with Crippen LogP contribution >= 0.6 is 0 Å². The van der Waals surface area contributed by atoms with Crippen molar-refractivity contribution in [2.75, 3.05) is 32.7 Å². The molecule has 0 radical (unpaired) electrons. The summed E-state index contributed by atoms with van der Waals surface area (Å²) in [6, 6.07) is 2.00. The maximum atomic E-state index is 13.3. The number of pyridine rings is 1. The molecule has 0 saturated carbocycles. The molecule has 0 aliphatic carbocycles. The Bertz CT molecular complexity index is 865. The van der Waals surface area contributed by atoms with Crippen molar-refractivity contribution in [3.63, 3.8) is 0 Å². The van der Waals surface area contributed by atoms with Crippen LogP contribution in [0, 0.1) is 0 Å². The zero-order valence-electron chi connectivity index (χ0n) is 17.4. The lowest BCUT2D eigenvalue weighted by molar-refractivity contribution is 0.0667. The molecular formula is C20H30N6O2. The van der Waals surface area contributed by atoms with Gasteiger partial charge in [0.2, 0.25) is 0 Å². The van der Waals surface area contributed by atoms with Crippen molar-refractivity contribution in [2.45, 2.75) is 46.6 Å². The van der Waals surface area contributed by atoms with Crippen LogP contribution in [0.25, 0.3) is 11.0 Å². The molecule has 1 aliphatic rings. The van der Waals surface area contributed by atoms with E-state index in [0.29, 0.717) is 38.3 Å². The third kappa shape index (κ3) is 3.81. The fraction of sp³-hybridized carbons (Fsp3) is 0.600. The zero-order chi connectivity index (χ0) is 20.4. The molecule has 1 saturated heterocycles. The van der Waals surface area contributed by atoms with Gasteiger partial charge in [0.15, 0.2) is 5.65 Å². The minimum atomic E-state index is -0.0683. The van der Waals surface area contributed by atoms with Crippen molar-refractivity contribution >= 4 is 23.0 Å². The maximum absolute atomic E-state index is 13.3. The zero-order valence-corrected chi connectivity index (χ0v) is 17.4. The van der Waals surface area contributed by atoms with Crippen molar-refractivity contribution in [1.29, 1.82) is 0 Å². The molecule has 3 amide bonds. The number of nitrogens with zero attached hydrogens (tertiary/aromatic N) is 5. The topological polar surface area (TPSA) is 83.4 Å². The summed E-state index contributed by atoms with van der Waals surface area (Å²) in [5.41, 5.74) is 2.29. The summed E-state index contributed by atoms with van der Waals surface area (Å²) >= 11 is 0. The Morgan fingerprint density at radius 1 is 1.11 bits per heavy atom. The first-order chi connectivity index (χ1) is 13.3. The number of carbonyl (C=O) groups is 2. The highest BCUT2D eigenvalue weighted by Crippen LogP contribution is 2.25. The summed E-state index contributed by atoms with van der Waals surface area (Å²) < 4.78 is 1.87. The van der Waals surface area contributed by atoms with E-state index in [1.807, 2.05) is 22.6 Å². The lowest BCUT2D eigenvalue weighted by Crippen LogP contribution is -2.53. The van der Waals surface area contributed by atoms with E-state index < -0.39 is 0 Å². The number of piperazine rings is 1. The Labute approximate surface area is 165 Å². The molecule has 152 valence electrons. The average molecular weight is 387 g/mol. The van der Waals surface area contributed by atoms with Crippen molar-refractivity contribution in [3.05, 3.63) is 23.5 Å². The molecule has 3 rings (SSSR count). The van der Waals surface area contributed by atoms with Crippen LogP contribution in [0.15, 0.2) is 12.3 Å². The van der Waals surface area contributed by atoms with Gasteiger partial charge >= 0.3 is 6.03 Å². The molecule has 2 aromatic heterocycles. The van der Waals surface area contributed by atoms with Gasteiger partial charge in [-0.25, -0.2) is 14.5 Å². The molecule has 0 bridgehead atoms. The first kappa shape index (κ1) is 20.1. The Balaban J connectivity index is 1.88. The SMILES string of the molecule is CCNC(=O)N1CCN(C(=O)c2cc(C(C)C)nc3c2cnn3C(C)C)CC1. The van der Waals surface area contributed by atoms with Crippen LogP contribution in [-0.2, 0) is 0 Å². The van der Waals surface area contributed by atoms with Crippen molar-refractivity contribution < 1.29 is 9.59 Å². The number of urea groups is 1. The minimum Gasteiger partial charge on any atom is -0.338 e. The van der Waals surface area contributed by atoms with Gasteiger partial charge in [0, 0.05) is 44.5 Å². The quantitative estimate of drug-likeness (QED) is 0.876. The molecule has 3 heterocycles. The highest BCUT2D eigenvalue weighted by molar-refractivity contribution is 6.05. The second-order valence-electron chi connectivity index (χ2n) is 7.78. The van der Waals surface area contributed by atoms with Gasteiger partial charge in [-0.3, -0.25) is 4.79 Å². The average Bonchev–Trinajstić information content (AvgIpc) is 3.11. The second-order valence-corrected chi connectivity index (χ2v) is 7.78. The van der Waals surface area contributed by atoms with Crippen LogP contribution in [-0.4, -0.2) is 69.2 Å². The molecule has 28 heavy (non-hydrogen) atoms. The largest absolute Gasteiger partial charge is 0.338 e. The standard InChI is InChI=1S/C20H30N6O2/c1-6-21-20(28)25-9-7-24(8-10-25)19(27)15-11-17(13(2)3)23-18-16(15)12-22-26(18)14(4)5/h11-14H,6-10H2,1-5H3,(H,21,28). The van der Waals surface area contributed by atoms with E-state index in [1.165, 1.54) is 0 Å². The van der Waals surface area contributed by atoms with Crippen molar-refractivity contribution in [1.82, 2.24) is 29.9 Å². The number of hydrogen-bond acceptors (Lipinski definition) is 4. The van der Waals surface area contributed by atoms with Crippen LogP contribution in [0.1, 0.15) is 62.6 Å². The highest BCUT2D eigenvalue weighted by atomic mass is 16.2. The molecule has 8 heteroatoms. The van der Waals surface area contributed by atoms with Crippen LogP contribution < -0.4 is 5.32 Å². The highest BCUT2D eigenvalue weighted by Gasteiger charge is 2.27. The van der Waals surface area contributed by atoms with E-state index in [9.17, 15) is 9.59 Å². The Morgan fingerprint density at radius 2 is 1.75 bits per heavy atom. The molecule has 0 unspecified atom stereocenters. The third-order valence-electron chi connectivity index (χ3n) is 5.08. The Kier molecular flexibility index (Phi) is 5.86. The Morgan fingerprint density at radius 3 is 2.32 bits per heavy atom. The Hall–Kier alpha value is -2.64. The molecule has 1 aliphatic heterocycles. The van der Waals surface area contributed by atoms with Gasteiger partial charge in [-0.15, -0.1) is 0 Å². The third-order valence-corrected chi connectivity index (χ3v) is 5.08. The van der Waals surface area contributed by atoms with E-state index >= 15 is 0 Å². The van der Waals surface area contributed by atoms with Crippen LogP contribution in [0.3, 0.4) is 0 Å². The van der Waals surface area contributed by atoms with E-state index in [2.05, 4.69) is 38.1 Å². The van der Waals surface area contributed by atoms with Gasteiger partial charge in [0.25, 0.3) is 5.91 Å². The maximum Gasteiger partial charge on any atom is 0.317 e.